The molecule has 0 unspecified atom stereocenters. The number of nitrogens with zero attached hydrogens (tertiary/aromatic N) is 1. The molecule has 2 aromatic carbocycles. The van der Waals surface area contributed by atoms with E-state index in [4.69, 9.17) is 4.74 Å². The van der Waals surface area contributed by atoms with Crippen LogP contribution in [0.25, 0.3) is 0 Å². The molecule has 1 aliphatic rings. The van der Waals surface area contributed by atoms with Crippen LogP contribution in [0, 0.1) is 5.21 Å². The van der Waals surface area contributed by atoms with E-state index in [9.17, 15) is 5.21 Å². The molecule has 0 bridgehead atoms. The molecule has 1 saturated heterocycles. The van der Waals surface area contributed by atoms with Gasteiger partial charge in [-0.15, -0.1) is 0 Å². The Labute approximate surface area is 151 Å². The summed E-state index contributed by atoms with van der Waals surface area (Å²) in [5.74, 6) is 0.901. The normalized spacial score (nSPS) is 26.3. The van der Waals surface area contributed by atoms with Gasteiger partial charge in [0.25, 0.3) is 0 Å². The van der Waals surface area contributed by atoms with Crippen LogP contribution < -0.4 is 4.74 Å². The molecular formula is C22H29NO2. The number of likely N-dealkylation sites (tertiary alicyclic amines) is 1. The third-order valence-corrected chi connectivity index (χ3v) is 5.32. The molecule has 0 amide bonds. The summed E-state index contributed by atoms with van der Waals surface area (Å²) in [5, 5.41) is 13.0. The third-order valence-electron chi connectivity index (χ3n) is 5.32. The van der Waals surface area contributed by atoms with Gasteiger partial charge in [-0.1, -0.05) is 61.9 Å². The number of hydroxylamine groups is 3. The summed E-state index contributed by atoms with van der Waals surface area (Å²) in [5.41, 5.74) is 0.999. The number of ether oxygens (including phenoxy) is 1. The number of piperidine rings is 1. The fourth-order valence-corrected chi connectivity index (χ4v) is 3.74. The summed E-state index contributed by atoms with van der Waals surface area (Å²) in [4.78, 5) is 0. The van der Waals surface area contributed by atoms with E-state index in [1.807, 2.05) is 36.4 Å². The molecule has 2 aromatic rings. The molecule has 0 aliphatic carbocycles. The summed E-state index contributed by atoms with van der Waals surface area (Å²) in [6, 6.07) is 20.5. The van der Waals surface area contributed by atoms with Gasteiger partial charge in [-0.2, -0.15) is 0 Å². The topological polar surface area (TPSA) is 32.3 Å². The lowest BCUT2D eigenvalue weighted by atomic mass is 9.84. The summed E-state index contributed by atoms with van der Waals surface area (Å²) in [6.45, 7) is 4.19. The summed E-state index contributed by atoms with van der Waals surface area (Å²) < 4.78 is 6.44. The largest absolute Gasteiger partial charge is 0.633 e. The Morgan fingerprint density at radius 2 is 1.56 bits per heavy atom. The Morgan fingerprint density at radius 3 is 2.16 bits per heavy atom. The van der Waals surface area contributed by atoms with Gasteiger partial charge in [0.2, 0.25) is 0 Å². The van der Waals surface area contributed by atoms with Gasteiger partial charge in [0, 0.05) is 19.3 Å². The second-order valence-corrected chi connectivity index (χ2v) is 7.34. The van der Waals surface area contributed by atoms with Crippen molar-refractivity contribution in [2.75, 3.05) is 19.6 Å². The Morgan fingerprint density at radius 1 is 0.960 bits per heavy atom. The molecule has 0 saturated carbocycles. The second kappa shape index (κ2) is 8.03. The van der Waals surface area contributed by atoms with Crippen molar-refractivity contribution in [3.63, 3.8) is 0 Å². The SMILES string of the molecule is CCCC[N+]1([O-])CCC(Cc2ccccc2)(Oc2ccccc2)CC1. The monoisotopic (exact) mass is 339 g/mol. The van der Waals surface area contributed by atoms with Gasteiger partial charge in [0.1, 0.15) is 11.4 Å². The first-order valence-corrected chi connectivity index (χ1v) is 9.48. The number of unbranched alkanes of at least 4 members (excludes halogenated alkanes) is 1. The average Bonchev–Trinajstić information content (AvgIpc) is 2.65. The number of hydrogen-bond donors (Lipinski definition) is 0. The lowest BCUT2D eigenvalue weighted by Gasteiger charge is -2.51. The summed E-state index contributed by atoms with van der Waals surface area (Å²) in [6.07, 6.45) is 4.57. The zero-order valence-corrected chi connectivity index (χ0v) is 15.2. The van der Waals surface area contributed by atoms with Crippen molar-refractivity contribution in [1.29, 1.82) is 0 Å². The van der Waals surface area contributed by atoms with Crippen molar-refractivity contribution in [3.8, 4) is 5.75 Å². The maximum absolute atomic E-state index is 13.0. The van der Waals surface area contributed by atoms with Crippen LogP contribution >= 0.6 is 0 Å². The van der Waals surface area contributed by atoms with Crippen molar-refractivity contribution in [2.24, 2.45) is 0 Å². The van der Waals surface area contributed by atoms with Crippen LogP contribution in [0.15, 0.2) is 60.7 Å². The van der Waals surface area contributed by atoms with Gasteiger partial charge in [-0.25, -0.2) is 0 Å². The molecule has 0 N–H and O–H groups in total. The van der Waals surface area contributed by atoms with Crippen molar-refractivity contribution in [3.05, 3.63) is 71.4 Å². The molecule has 0 radical (unpaired) electrons. The van der Waals surface area contributed by atoms with E-state index in [0.717, 1.165) is 44.4 Å². The first-order valence-electron chi connectivity index (χ1n) is 9.48. The first-order chi connectivity index (χ1) is 12.1. The number of rotatable bonds is 7. The molecule has 3 heteroatoms. The maximum atomic E-state index is 13.0. The van der Waals surface area contributed by atoms with E-state index in [0.29, 0.717) is 13.1 Å². The van der Waals surface area contributed by atoms with Crippen LogP contribution in [0.2, 0.25) is 0 Å². The van der Waals surface area contributed by atoms with E-state index in [-0.39, 0.29) is 10.2 Å². The fourth-order valence-electron chi connectivity index (χ4n) is 3.74. The van der Waals surface area contributed by atoms with Crippen LogP contribution in [0.4, 0.5) is 0 Å². The van der Waals surface area contributed by atoms with Gasteiger partial charge >= 0.3 is 0 Å². The first kappa shape index (κ1) is 18.0. The average molecular weight is 339 g/mol. The minimum absolute atomic E-state index is 0.0530. The van der Waals surface area contributed by atoms with Crippen molar-refractivity contribution in [1.82, 2.24) is 0 Å². The molecule has 0 atom stereocenters. The molecule has 3 nitrogen and oxygen atoms in total. The van der Waals surface area contributed by atoms with Crippen LogP contribution in [0.1, 0.15) is 38.2 Å². The molecule has 1 aliphatic heterocycles. The molecule has 25 heavy (non-hydrogen) atoms. The van der Waals surface area contributed by atoms with E-state index in [1.54, 1.807) is 0 Å². The third kappa shape index (κ3) is 4.83. The molecule has 1 fully saturated rings. The molecule has 134 valence electrons. The lowest BCUT2D eigenvalue weighted by molar-refractivity contribution is -0.888. The van der Waals surface area contributed by atoms with E-state index in [2.05, 4.69) is 31.2 Å². The summed E-state index contributed by atoms with van der Waals surface area (Å²) in [7, 11) is 0. The molecule has 3 rings (SSSR count). The molecule has 1 heterocycles. The van der Waals surface area contributed by atoms with Crippen LogP contribution in [0.5, 0.6) is 5.75 Å². The minimum atomic E-state index is -0.277. The van der Waals surface area contributed by atoms with E-state index >= 15 is 0 Å². The standard InChI is InChI=1S/C22H29NO2/c1-2-3-16-23(24)17-14-22(15-18-23,19-20-10-6-4-7-11-20)25-21-12-8-5-9-13-21/h4-13H,2-3,14-19H2,1H3. The van der Waals surface area contributed by atoms with E-state index < -0.39 is 0 Å². The highest BCUT2D eigenvalue weighted by Gasteiger charge is 2.41. The fraction of sp³-hybridized carbons (Fsp3) is 0.455. The van der Waals surface area contributed by atoms with E-state index in [1.165, 1.54) is 5.56 Å². The van der Waals surface area contributed by atoms with Gasteiger partial charge in [0.15, 0.2) is 0 Å². The highest BCUT2D eigenvalue weighted by atomic mass is 16.5. The van der Waals surface area contributed by atoms with Crippen molar-refractivity contribution >= 4 is 0 Å². The minimum Gasteiger partial charge on any atom is -0.633 e. The Balaban J connectivity index is 1.76. The molecular weight excluding hydrogens is 310 g/mol. The van der Waals surface area contributed by atoms with Crippen molar-refractivity contribution in [2.45, 2.75) is 44.6 Å². The maximum Gasteiger partial charge on any atom is 0.124 e. The van der Waals surface area contributed by atoms with Gasteiger partial charge in [0.05, 0.1) is 19.6 Å². The lowest BCUT2D eigenvalue weighted by Crippen LogP contribution is -2.56. The number of quaternary nitrogens is 1. The number of para-hydroxylation sites is 1. The van der Waals surface area contributed by atoms with Gasteiger partial charge in [-0.3, -0.25) is 0 Å². The molecule has 0 spiro atoms. The van der Waals surface area contributed by atoms with Crippen LogP contribution in [-0.2, 0) is 6.42 Å². The molecule has 0 aromatic heterocycles. The zero-order valence-electron chi connectivity index (χ0n) is 15.2. The Hall–Kier alpha value is -1.84. The number of benzene rings is 2. The Kier molecular flexibility index (Phi) is 5.77. The van der Waals surface area contributed by atoms with Crippen molar-refractivity contribution < 1.29 is 9.38 Å². The van der Waals surface area contributed by atoms with Gasteiger partial charge in [-0.05, 0) is 24.1 Å². The van der Waals surface area contributed by atoms with Gasteiger partial charge < -0.3 is 14.6 Å². The quantitative estimate of drug-likeness (QED) is 0.528. The predicted molar refractivity (Wildman–Crippen MR) is 102 cm³/mol. The van der Waals surface area contributed by atoms with Crippen LogP contribution in [-0.4, -0.2) is 29.9 Å². The second-order valence-electron chi connectivity index (χ2n) is 7.34. The zero-order chi connectivity index (χ0) is 17.6. The van der Waals surface area contributed by atoms with Crippen LogP contribution in [0.3, 0.4) is 0 Å². The highest BCUT2D eigenvalue weighted by Crippen LogP contribution is 2.34. The smallest absolute Gasteiger partial charge is 0.124 e. The number of hydrogen-bond acceptors (Lipinski definition) is 2. The summed E-state index contributed by atoms with van der Waals surface area (Å²) >= 11 is 0. The Bertz CT molecular complexity index is 590. The highest BCUT2D eigenvalue weighted by molar-refractivity contribution is 5.24. The predicted octanol–water partition coefficient (Wildman–Crippen LogP) is 4.96.